The number of amides is 1. The molecule has 1 heterocycles. The SMILES string of the molecule is COc1ccc(S(=O)(=O)N2CCCC(N)C2)cc1C(N)=O. The van der Waals surface area contributed by atoms with Crippen LogP contribution in [0.5, 0.6) is 5.75 Å². The Morgan fingerprint density at radius 2 is 2.14 bits per heavy atom. The Kier molecular flexibility index (Phi) is 4.50. The van der Waals surface area contributed by atoms with E-state index in [-0.39, 0.29) is 28.8 Å². The zero-order valence-corrected chi connectivity index (χ0v) is 12.6. The van der Waals surface area contributed by atoms with Gasteiger partial charge in [0, 0.05) is 19.1 Å². The zero-order valence-electron chi connectivity index (χ0n) is 11.8. The van der Waals surface area contributed by atoms with E-state index in [2.05, 4.69) is 0 Å². The molecule has 0 aliphatic carbocycles. The van der Waals surface area contributed by atoms with E-state index in [0.717, 1.165) is 12.8 Å². The van der Waals surface area contributed by atoms with Crippen molar-refractivity contribution in [1.29, 1.82) is 0 Å². The molecule has 2 rings (SSSR count). The predicted octanol–water partition coefficient (Wildman–Crippen LogP) is -0.0941. The third-order valence-electron chi connectivity index (χ3n) is 3.49. The standard InChI is InChI=1S/C13H19N3O4S/c1-20-12-5-4-10(7-11(12)13(15)17)21(18,19)16-6-2-3-9(14)8-16/h4-5,7,9H,2-3,6,8,14H2,1H3,(H2,15,17). The maximum atomic E-state index is 12.6. The molecular weight excluding hydrogens is 294 g/mol. The molecule has 1 fully saturated rings. The Balaban J connectivity index is 2.40. The van der Waals surface area contributed by atoms with Crippen molar-refractivity contribution >= 4 is 15.9 Å². The second-order valence-electron chi connectivity index (χ2n) is 4.99. The van der Waals surface area contributed by atoms with Crippen LogP contribution in [0.3, 0.4) is 0 Å². The van der Waals surface area contributed by atoms with Crippen molar-refractivity contribution < 1.29 is 17.9 Å². The van der Waals surface area contributed by atoms with Gasteiger partial charge in [0.05, 0.1) is 17.6 Å². The molecule has 8 heteroatoms. The molecule has 116 valence electrons. The fourth-order valence-electron chi connectivity index (χ4n) is 2.38. The number of ether oxygens (including phenoxy) is 1. The molecule has 1 atom stereocenters. The van der Waals surface area contributed by atoms with Gasteiger partial charge in [-0.15, -0.1) is 0 Å². The number of piperidine rings is 1. The first-order valence-electron chi connectivity index (χ1n) is 6.60. The first-order valence-corrected chi connectivity index (χ1v) is 8.04. The van der Waals surface area contributed by atoms with Gasteiger partial charge in [0.1, 0.15) is 5.75 Å². The molecule has 0 radical (unpaired) electrons. The molecule has 7 nitrogen and oxygen atoms in total. The summed E-state index contributed by atoms with van der Waals surface area (Å²) in [5.74, 6) is -0.490. The summed E-state index contributed by atoms with van der Waals surface area (Å²) in [6.07, 6.45) is 1.53. The number of nitrogens with two attached hydrogens (primary N) is 2. The van der Waals surface area contributed by atoms with Crippen LogP contribution in [-0.2, 0) is 10.0 Å². The van der Waals surface area contributed by atoms with Crippen molar-refractivity contribution in [3.63, 3.8) is 0 Å². The molecule has 1 amide bonds. The average Bonchev–Trinajstić information content (AvgIpc) is 2.46. The Morgan fingerprint density at radius 3 is 2.71 bits per heavy atom. The van der Waals surface area contributed by atoms with Gasteiger partial charge in [-0.05, 0) is 31.0 Å². The van der Waals surface area contributed by atoms with E-state index in [0.29, 0.717) is 6.54 Å². The molecular formula is C13H19N3O4S. The minimum absolute atomic E-state index is 0.0196. The number of carbonyl (C=O) groups is 1. The number of benzene rings is 1. The molecule has 0 bridgehead atoms. The van der Waals surface area contributed by atoms with Crippen molar-refractivity contribution in [2.24, 2.45) is 11.5 Å². The van der Waals surface area contributed by atoms with Gasteiger partial charge in [-0.1, -0.05) is 0 Å². The second-order valence-corrected chi connectivity index (χ2v) is 6.93. The van der Waals surface area contributed by atoms with Crippen LogP contribution in [0.25, 0.3) is 0 Å². The molecule has 0 saturated carbocycles. The van der Waals surface area contributed by atoms with Crippen molar-refractivity contribution in [3.8, 4) is 5.75 Å². The van der Waals surface area contributed by atoms with Gasteiger partial charge in [-0.2, -0.15) is 4.31 Å². The number of carbonyl (C=O) groups excluding carboxylic acids is 1. The highest BCUT2D eigenvalue weighted by Crippen LogP contribution is 2.25. The fourth-order valence-corrected chi connectivity index (χ4v) is 3.94. The number of sulfonamides is 1. The van der Waals surface area contributed by atoms with E-state index in [1.807, 2.05) is 0 Å². The van der Waals surface area contributed by atoms with Gasteiger partial charge >= 0.3 is 0 Å². The van der Waals surface area contributed by atoms with Gasteiger partial charge in [-0.3, -0.25) is 4.79 Å². The monoisotopic (exact) mass is 313 g/mol. The average molecular weight is 313 g/mol. The predicted molar refractivity (Wildman–Crippen MR) is 77.5 cm³/mol. The largest absolute Gasteiger partial charge is 0.496 e. The van der Waals surface area contributed by atoms with Crippen molar-refractivity contribution in [2.45, 2.75) is 23.8 Å². The van der Waals surface area contributed by atoms with E-state index in [1.165, 1.54) is 29.6 Å². The molecule has 21 heavy (non-hydrogen) atoms. The second kappa shape index (κ2) is 6.00. The lowest BCUT2D eigenvalue weighted by molar-refractivity contribution is 0.0997. The quantitative estimate of drug-likeness (QED) is 0.805. The summed E-state index contributed by atoms with van der Waals surface area (Å²) >= 11 is 0. The maximum absolute atomic E-state index is 12.6. The van der Waals surface area contributed by atoms with Crippen molar-refractivity contribution in [2.75, 3.05) is 20.2 Å². The van der Waals surface area contributed by atoms with Crippen LogP contribution in [0.4, 0.5) is 0 Å². The number of nitrogens with zero attached hydrogens (tertiary/aromatic N) is 1. The Morgan fingerprint density at radius 1 is 1.43 bits per heavy atom. The van der Waals surface area contributed by atoms with Crippen molar-refractivity contribution in [1.82, 2.24) is 4.31 Å². The lowest BCUT2D eigenvalue weighted by Crippen LogP contribution is -2.45. The molecule has 1 aliphatic heterocycles. The third kappa shape index (κ3) is 3.17. The van der Waals surface area contributed by atoms with Crippen LogP contribution in [-0.4, -0.2) is 44.9 Å². The fraction of sp³-hybridized carbons (Fsp3) is 0.462. The highest BCUT2D eigenvalue weighted by molar-refractivity contribution is 7.89. The summed E-state index contributed by atoms with van der Waals surface area (Å²) in [6.45, 7) is 0.703. The minimum Gasteiger partial charge on any atom is -0.496 e. The van der Waals surface area contributed by atoms with Crippen LogP contribution < -0.4 is 16.2 Å². The minimum atomic E-state index is -3.69. The molecule has 1 aromatic carbocycles. The molecule has 1 aliphatic rings. The van der Waals surface area contributed by atoms with E-state index < -0.39 is 15.9 Å². The van der Waals surface area contributed by atoms with Gasteiger partial charge in [0.25, 0.3) is 5.91 Å². The van der Waals surface area contributed by atoms with E-state index in [9.17, 15) is 13.2 Å². The first-order chi connectivity index (χ1) is 9.86. The van der Waals surface area contributed by atoms with Gasteiger partial charge in [0.2, 0.25) is 10.0 Å². The molecule has 4 N–H and O–H groups in total. The first kappa shape index (κ1) is 15.7. The Labute approximate surface area is 123 Å². The summed E-state index contributed by atoms with van der Waals surface area (Å²) < 4.78 is 31.5. The van der Waals surface area contributed by atoms with Crippen LogP contribution in [0.2, 0.25) is 0 Å². The van der Waals surface area contributed by atoms with Crippen LogP contribution in [0.15, 0.2) is 23.1 Å². The van der Waals surface area contributed by atoms with E-state index >= 15 is 0 Å². The lowest BCUT2D eigenvalue weighted by Gasteiger charge is -2.30. The Bertz CT molecular complexity index is 645. The normalized spacial score (nSPS) is 20.2. The van der Waals surface area contributed by atoms with Crippen molar-refractivity contribution in [3.05, 3.63) is 23.8 Å². The smallest absolute Gasteiger partial charge is 0.252 e. The Hall–Kier alpha value is -1.64. The van der Waals surface area contributed by atoms with Crippen LogP contribution in [0, 0.1) is 0 Å². The molecule has 1 saturated heterocycles. The van der Waals surface area contributed by atoms with E-state index in [1.54, 1.807) is 0 Å². The van der Waals surface area contributed by atoms with Gasteiger partial charge in [-0.25, -0.2) is 8.42 Å². The summed E-state index contributed by atoms with van der Waals surface area (Å²) in [7, 11) is -2.30. The molecule has 1 unspecified atom stereocenters. The van der Waals surface area contributed by atoms with Gasteiger partial charge in [0.15, 0.2) is 0 Å². The summed E-state index contributed by atoms with van der Waals surface area (Å²) in [4.78, 5) is 11.4. The number of rotatable bonds is 4. The third-order valence-corrected chi connectivity index (χ3v) is 5.36. The number of hydrogen-bond acceptors (Lipinski definition) is 5. The molecule has 0 spiro atoms. The molecule has 0 aromatic heterocycles. The maximum Gasteiger partial charge on any atom is 0.252 e. The summed E-state index contributed by atoms with van der Waals surface area (Å²) in [5, 5.41) is 0. The summed E-state index contributed by atoms with van der Waals surface area (Å²) in [5.41, 5.74) is 11.1. The molecule has 1 aromatic rings. The number of methoxy groups -OCH3 is 1. The zero-order chi connectivity index (χ0) is 15.6. The lowest BCUT2D eigenvalue weighted by atomic mass is 10.1. The number of primary amides is 1. The van der Waals surface area contributed by atoms with E-state index in [4.69, 9.17) is 16.2 Å². The van der Waals surface area contributed by atoms with Crippen LogP contribution in [0.1, 0.15) is 23.2 Å². The topological polar surface area (TPSA) is 116 Å². The summed E-state index contributed by atoms with van der Waals surface area (Å²) in [6, 6.07) is 3.91. The van der Waals surface area contributed by atoms with Gasteiger partial charge < -0.3 is 16.2 Å². The van der Waals surface area contributed by atoms with Crippen LogP contribution >= 0.6 is 0 Å². The number of hydrogen-bond donors (Lipinski definition) is 2. The highest BCUT2D eigenvalue weighted by atomic mass is 32.2. The highest BCUT2D eigenvalue weighted by Gasteiger charge is 2.29.